The predicted molar refractivity (Wildman–Crippen MR) is 121 cm³/mol. The lowest BCUT2D eigenvalue weighted by atomic mass is 9.96. The molecule has 0 radical (unpaired) electrons. The number of benzene rings is 1. The van der Waals surface area contributed by atoms with Crippen molar-refractivity contribution in [3.05, 3.63) is 40.7 Å². The van der Waals surface area contributed by atoms with Gasteiger partial charge in [0.25, 0.3) is 0 Å². The number of hydrogen-bond acceptors (Lipinski definition) is 7. The van der Waals surface area contributed by atoms with E-state index in [2.05, 4.69) is 11.2 Å². The van der Waals surface area contributed by atoms with Crippen molar-refractivity contribution in [3.63, 3.8) is 0 Å². The van der Waals surface area contributed by atoms with Gasteiger partial charge in [0.2, 0.25) is 15.9 Å². The summed E-state index contributed by atoms with van der Waals surface area (Å²) < 4.78 is 33.8. The normalized spacial score (nSPS) is 20.9. The number of likely N-dealkylation sites (tertiary alicyclic amines) is 1. The average Bonchev–Trinajstić information content (AvgIpc) is 3.51. The monoisotopic (exact) mass is 474 g/mol. The van der Waals surface area contributed by atoms with Crippen molar-refractivity contribution in [1.29, 1.82) is 0 Å². The molecule has 0 N–H and O–H groups in total. The van der Waals surface area contributed by atoms with Crippen LogP contribution in [0.15, 0.2) is 33.7 Å². The van der Waals surface area contributed by atoms with E-state index in [1.807, 2.05) is 23.1 Å². The first-order valence-corrected chi connectivity index (χ1v) is 13.2. The number of hydrogen-bond donors (Lipinski definition) is 0. The van der Waals surface area contributed by atoms with Crippen LogP contribution >= 0.6 is 11.3 Å². The number of thiazole rings is 1. The third-order valence-electron chi connectivity index (χ3n) is 6.50. The van der Waals surface area contributed by atoms with Crippen molar-refractivity contribution in [3.8, 4) is 0 Å². The Labute approximate surface area is 191 Å². The Balaban J connectivity index is 1.29. The lowest BCUT2D eigenvalue weighted by Crippen LogP contribution is -2.44. The number of fused-ring (bicyclic) bond motifs is 1. The number of para-hydroxylation sites is 1. The van der Waals surface area contributed by atoms with Crippen LogP contribution in [0.3, 0.4) is 0 Å². The summed E-state index contributed by atoms with van der Waals surface area (Å²) in [6.07, 6.45) is 2.92. The topological polar surface area (TPSA) is 96.6 Å². The second-order valence-corrected chi connectivity index (χ2v) is 11.5. The van der Waals surface area contributed by atoms with Gasteiger partial charge in [0.05, 0.1) is 16.3 Å². The minimum absolute atomic E-state index is 0.0176. The fraction of sp³-hybridized carbons (Fsp3) is 0.500. The average molecular weight is 475 g/mol. The van der Waals surface area contributed by atoms with Crippen LogP contribution < -0.4 is 0 Å². The van der Waals surface area contributed by atoms with Gasteiger partial charge in [-0.1, -0.05) is 17.3 Å². The standard InChI is InChI=1S/C22H26N4O4S2/c1-14-20(15(2)30-24-14)32(28,29)25-12-9-16(10-13-25)22(27)26-11-5-7-18(26)21-23-17-6-3-4-8-19(17)31-21/h3-4,6,8,16,18H,5,7,9-13H2,1-2H3. The molecule has 8 nitrogen and oxygen atoms in total. The second-order valence-electron chi connectivity index (χ2n) is 8.54. The highest BCUT2D eigenvalue weighted by Crippen LogP contribution is 2.38. The van der Waals surface area contributed by atoms with E-state index in [1.54, 1.807) is 25.2 Å². The number of aryl methyl sites for hydroxylation is 2. The van der Waals surface area contributed by atoms with E-state index in [4.69, 9.17) is 9.51 Å². The zero-order chi connectivity index (χ0) is 22.5. The van der Waals surface area contributed by atoms with Gasteiger partial charge >= 0.3 is 0 Å². The van der Waals surface area contributed by atoms with Gasteiger partial charge in [0, 0.05) is 25.6 Å². The molecular formula is C22H26N4O4S2. The number of piperidine rings is 1. The molecule has 2 aromatic heterocycles. The molecule has 2 fully saturated rings. The van der Waals surface area contributed by atoms with Crippen LogP contribution in [0.2, 0.25) is 0 Å². The Bertz CT molecular complexity index is 1210. The lowest BCUT2D eigenvalue weighted by molar-refractivity contribution is -0.137. The van der Waals surface area contributed by atoms with Crippen molar-refractivity contribution in [1.82, 2.24) is 19.3 Å². The van der Waals surface area contributed by atoms with Crippen molar-refractivity contribution in [2.75, 3.05) is 19.6 Å². The highest BCUT2D eigenvalue weighted by Gasteiger charge is 2.39. The van der Waals surface area contributed by atoms with Crippen LogP contribution in [0.25, 0.3) is 10.2 Å². The maximum absolute atomic E-state index is 13.4. The third-order valence-corrected chi connectivity index (χ3v) is 9.78. The number of carbonyl (C=O) groups is 1. The van der Waals surface area contributed by atoms with Gasteiger partial charge in [-0.15, -0.1) is 11.3 Å². The first kappa shape index (κ1) is 21.5. The Kier molecular flexibility index (Phi) is 5.55. The Morgan fingerprint density at radius 1 is 1.12 bits per heavy atom. The zero-order valence-electron chi connectivity index (χ0n) is 18.2. The summed E-state index contributed by atoms with van der Waals surface area (Å²) >= 11 is 1.66. The first-order valence-electron chi connectivity index (χ1n) is 10.9. The van der Waals surface area contributed by atoms with E-state index < -0.39 is 10.0 Å². The molecule has 1 amide bonds. The molecule has 0 saturated carbocycles. The summed E-state index contributed by atoms with van der Waals surface area (Å²) in [5.41, 5.74) is 1.35. The summed E-state index contributed by atoms with van der Waals surface area (Å²) in [5.74, 6) is 0.263. The van der Waals surface area contributed by atoms with Gasteiger partial charge in [-0.3, -0.25) is 4.79 Å². The predicted octanol–water partition coefficient (Wildman–Crippen LogP) is 3.67. The molecular weight excluding hydrogens is 448 g/mol. The Morgan fingerprint density at radius 3 is 2.56 bits per heavy atom. The van der Waals surface area contributed by atoms with Crippen molar-refractivity contribution >= 4 is 37.5 Å². The fourth-order valence-electron chi connectivity index (χ4n) is 4.87. The maximum atomic E-state index is 13.4. The van der Waals surface area contributed by atoms with Gasteiger partial charge in [-0.25, -0.2) is 13.4 Å². The quantitative estimate of drug-likeness (QED) is 0.572. The maximum Gasteiger partial charge on any atom is 0.248 e. The van der Waals surface area contributed by atoms with E-state index in [0.717, 1.165) is 34.6 Å². The van der Waals surface area contributed by atoms with Crippen molar-refractivity contribution in [2.45, 2.75) is 50.5 Å². The minimum Gasteiger partial charge on any atom is -0.360 e. The molecule has 0 aliphatic carbocycles. The summed E-state index contributed by atoms with van der Waals surface area (Å²) in [4.78, 5) is 20.3. The number of carbonyl (C=O) groups excluding carboxylic acids is 1. The number of aromatic nitrogens is 2. The molecule has 10 heteroatoms. The molecule has 2 aliphatic heterocycles. The van der Waals surface area contributed by atoms with Crippen molar-refractivity contribution in [2.24, 2.45) is 5.92 Å². The van der Waals surface area contributed by atoms with Gasteiger partial charge in [0.15, 0.2) is 5.76 Å². The molecule has 170 valence electrons. The summed E-state index contributed by atoms with van der Waals surface area (Å²) in [6, 6.07) is 8.07. The number of amides is 1. The van der Waals surface area contributed by atoms with Crippen LogP contribution in [-0.4, -0.2) is 53.3 Å². The molecule has 0 bridgehead atoms. The lowest BCUT2D eigenvalue weighted by Gasteiger charge is -2.34. The second kappa shape index (κ2) is 8.24. The highest BCUT2D eigenvalue weighted by atomic mass is 32.2. The van der Waals surface area contributed by atoms with Crippen LogP contribution in [0.1, 0.15) is 48.2 Å². The van der Waals surface area contributed by atoms with Crippen molar-refractivity contribution < 1.29 is 17.7 Å². The molecule has 32 heavy (non-hydrogen) atoms. The summed E-state index contributed by atoms with van der Waals surface area (Å²) in [7, 11) is -3.67. The van der Waals surface area contributed by atoms with E-state index in [9.17, 15) is 13.2 Å². The SMILES string of the molecule is Cc1noc(C)c1S(=O)(=O)N1CCC(C(=O)N2CCCC2c2nc3ccccc3s2)CC1. The Morgan fingerprint density at radius 2 is 1.88 bits per heavy atom. The first-order chi connectivity index (χ1) is 15.4. The van der Waals surface area contributed by atoms with Crippen LogP contribution in [-0.2, 0) is 14.8 Å². The van der Waals surface area contributed by atoms with Gasteiger partial charge < -0.3 is 9.42 Å². The van der Waals surface area contributed by atoms with Gasteiger partial charge in [-0.05, 0) is 51.7 Å². The van der Waals surface area contributed by atoms with E-state index in [1.165, 1.54) is 4.31 Å². The Hall–Kier alpha value is -2.30. The van der Waals surface area contributed by atoms with Crippen LogP contribution in [0.4, 0.5) is 0 Å². The molecule has 4 heterocycles. The largest absolute Gasteiger partial charge is 0.360 e. The summed E-state index contributed by atoms with van der Waals surface area (Å²) in [6.45, 7) is 4.62. The van der Waals surface area contributed by atoms with E-state index >= 15 is 0 Å². The summed E-state index contributed by atoms with van der Waals surface area (Å²) in [5, 5.41) is 4.77. The number of rotatable bonds is 4. The highest BCUT2D eigenvalue weighted by molar-refractivity contribution is 7.89. The van der Waals surface area contributed by atoms with E-state index in [0.29, 0.717) is 37.4 Å². The minimum atomic E-state index is -3.67. The zero-order valence-corrected chi connectivity index (χ0v) is 19.8. The number of nitrogens with zero attached hydrogens (tertiary/aromatic N) is 4. The molecule has 1 atom stereocenters. The molecule has 2 saturated heterocycles. The van der Waals surface area contributed by atoms with Gasteiger partial charge in [-0.2, -0.15) is 4.31 Å². The third kappa shape index (κ3) is 3.64. The van der Waals surface area contributed by atoms with Gasteiger partial charge in [0.1, 0.15) is 15.6 Å². The van der Waals surface area contributed by atoms with Crippen LogP contribution in [0.5, 0.6) is 0 Å². The molecule has 2 aliphatic rings. The van der Waals surface area contributed by atoms with Crippen LogP contribution in [0, 0.1) is 19.8 Å². The molecule has 1 unspecified atom stereocenters. The van der Waals surface area contributed by atoms with E-state index in [-0.39, 0.29) is 22.8 Å². The molecule has 5 rings (SSSR count). The molecule has 0 spiro atoms. The molecule has 3 aromatic rings. The molecule has 1 aromatic carbocycles. The smallest absolute Gasteiger partial charge is 0.248 e. The number of sulfonamides is 1. The fourth-order valence-corrected chi connectivity index (χ4v) is 7.75.